The molecule has 0 radical (unpaired) electrons. The topological polar surface area (TPSA) is 42.1 Å². The van der Waals surface area contributed by atoms with Crippen LogP contribution in [-0.4, -0.2) is 19.1 Å². The maximum Gasteiger partial charge on any atom is 0.0633 e. The Labute approximate surface area is 416 Å². The van der Waals surface area contributed by atoms with Crippen molar-refractivity contribution in [2.45, 2.75) is 13.8 Å². The molecule has 0 aliphatic carbocycles. The number of benzene rings is 10. The van der Waals surface area contributed by atoms with Gasteiger partial charge in [-0.25, -0.2) is 0 Å². The Balaban J connectivity index is 1.07. The molecule has 6 nitrogen and oxygen atoms in total. The molecule has 14 aromatic rings. The number of rotatable bonds is 8. The molecule has 0 N–H and O–H groups in total. The van der Waals surface area contributed by atoms with E-state index in [1.165, 1.54) is 76.0 Å². The first-order chi connectivity index (χ1) is 35.6. The molecule has 0 saturated carbocycles. The smallest absolute Gasteiger partial charge is 0.0633 e. The first kappa shape index (κ1) is 41.5. The molecule has 0 unspecified atom stereocenters. The summed E-state index contributed by atoms with van der Waals surface area (Å²) in [6.07, 6.45) is 7.45. The molecule has 72 heavy (non-hydrogen) atoms. The van der Waals surface area contributed by atoms with Crippen LogP contribution in [0.5, 0.6) is 0 Å². The quantitative estimate of drug-likeness (QED) is 0.142. The molecule has 0 bridgehead atoms. The molecular weight excluding hydrogens is 877 g/mol. The molecular formula is C66H46N6. The highest BCUT2D eigenvalue weighted by Gasteiger charge is 2.27. The molecule has 14 rings (SSSR count). The van der Waals surface area contributed by atoms with Gasteiger partial charge in [-0.3, -0.25) is 9.97 Å². The number of pyridine rings is 2. The van der Waals surface area contributed by atoms with Gasteiger partial charge in [-0.05, 0) is 144 Å². The van der Waals surface area contributed by atoms with Crippen LogP contribution < -0.4 is 9.80 Å². The zero-order valence-corrected chi connectivity index (χ0v) is 39.8. The van der Waals surface area contributed by atoms with E-state index in [0.29, 0.717) is 0 Å². The van der Waals surface area contributed by atoms with Crippen molar-refractivity contribution in [2.75, 3.05) is 9.80 Å². The van der Waals surface area contributed by atoms with E-state index in [4.69, 9.17) is 0 Å². The molecule has 4 aromatic heterocycles. The van der Waals surface area contributed by atoms with Crippen LogP contribution in [0.1, 0.15) is 11.1 Å². The van der Waals surface area contributed by atoms with Gasteiger partial charge in [0.15, 0.2) is 0 Å². The van der Waals surface area contributed by atoms with Gasteiger partial charge in [-0.1, -0.05) is 121 Å². The van der Waals surface area contributed by atoms with Crippen LogP contribution in [-0.2, 0) is 0 Å². The van der Waals surface area contributed by atoms with Crippen molar-refractivity contribution in [2.24, 2.45) is 0 Å². The molecule has 4 heterocycles. The van der Waals surface area contributed by atoms with E-state index in [2.05, 4.69) is 261 Å². The third kappa shape index (κ3) is 6.29. The molecule has 340 valence electrons. The highest BCUT2D eigenvalue weighted by molar-refractivity contribution is 6.44. The van der Waals surface area contributed by atoms with E-state index >= 15 is 0 Å². The first-order valence-corrected chi connectivity index (χ1v) is 24.6. The van der Waals surface area contributed by atoms with Crippen molar-refractivity contribution in [1.82, 2.24) is 19.1 Å². The van der Waals surface area contributed by atoms with Crippen LogP contribution in [0.25, 0.3) is 87.3 Å². The zero-order chi connectivity index (χ0) is 47.9. The molecule has 0 atom stereocenters. The van der Waals surface area contributed by atoms with Gasteiger partial charge in [0.05, 0.1) is 22.1 Å². The lowest BCUT2D eigenvalue weighted by molar-refractivity contribution is 1.17. The molecule has 0 fully saturated rings. The molecule has 0 amide bonds. The Kier molecular flexibility index (Phi) is 9.54. The zero-order valence-electron chi connectivity index (χ0n) is 39.8. The van der Waals surface area contributed by atoms with Crippen molar-refractivity contribution in [3.05, 3.63) is 254 Å². The largest absolute Gasteiger partial charge is 0.310 e. The van der Waals surface area contributed by atoms with E-state index in [9.17, 15) is 0 Å². The van der Waals surface area contributed by atoms with Crippen molar-refractivity contribution in [3.8, 4) is 11.4 Å². The van der Waals surface area contributed by atoms with Gasteiger partial charge in [0.2, 0.25) is 0 Å². The predicted molar refractivity (Wildman–Crippen MR) is 302 cm³/mol. The van der Waals surface area contributed by atoms with Crippen molar-refractivity contribution >= 4 is 110 Å². The third-order valence-electron chi connectivity index (χ3n) is 14.7. The van der Waals surface area contributed by atoms with Crippen LogP contribution in [0.2, 0.25) is 0 Å². The maximum absolute atomic E-state index is 4.36. The van der Waals surface area contributed by atoms with Gasteiger partial charge >= 0.3 is 0 Å². The number of para-hydroxylation sites is 4. The molecule has 0 saturated heterocycles. The minimum absolute atomic E-state index is 1.05. The number of anilines is 6. The summed E-state index contributed by atoms with van der Waals surface area (Å²) in [5, 5.41) is 12.3. The maximum atomic E-state index is 4.36. The average molecular weight is 923 g/mol. The van der Waals surface area contributed by atoms with E-state index < -0.39 is 0 Å². The molecule has 0 aliphatic heterocycles. The summed E-state index contributed by atoms with van der Waals surface area (Å²) < 4.78 is 5.04. The van der Waals surface area contributed by atoms with Crippen LogP contribution >= 0.6 is 0 Å². The lowest BCUT2D eigenvalue weighted by Crippen LogP contribution is -2.11. The van der Waals surface area contributed by atoms with Crippen LogP contribution in [0, 0.1) is 13.8 Å². The normalized spacial score (nSPS) is 11.8. The average Bonchev–Trinajstić information content (AvgIpc) is 3.97. The number of nitrogens with zero attached hydrogens (tertiary/aromatic N) is 6. The van der Waals surface area contributed by atoms with Gasteiger partial charge < -0.3 is 18.9 Å². The Hall–Kier alpha value is -9.52. The predicted octanol–water partition coefficient (Wildman–Crippen LogP) is 17.7. The monoisotopic (exact) mass is 922 g/mol. The summed E-state index contributed by atoms with van der Waals surface area (Å²) in [4.78, 5) is 13.4. The molecule has 0 spiro atoms. The number of aryl methyl sites for hydroxylation is 2. The summed E-state index contributed by atoms with van der Waals surface area (Å²) >= 11 is 0. The van der Waals surface area contributed by atoms with E-state index in [-0.39, 0.29) is 0 Å². The fourth-order valence-electron chi connectivity index (χ4n) is 11.6. The Morgan fingerprint density at radius 2 is 0.597 bits per heavy atom. The highest BCUT2D eigenvalue weighted by Crippen LogP contribution is 2.51. The van der Waals surface area contributed by atoms with Crippen molar-refractivity contribution in [1.29, 1.82) is 0 Å². The fourth-order valence-corrected chi connectivity index (χ4v) is 11.6. The minimum Gasteiger partial charge on any atom is -0.310 e. The van der Waals surface area contributed by atoms with Crippen molar-refractivity contribution in [3.63, 3.8) is 0 Å². The summed E-state index contributed by atoms with van der Waals surface area (Å²) in [6, 6.07) is 79.7. The van der Waals surface area contributed by atoms with Gasteiger partial charge in [0.1, 0.15) is 0 Å². The minimum atomic E-state index is 1.05. The van der Waals surface area contributed by atoms with Crippen LogP contribution in [0.15, 0.2) is 243 Å². The first-order valence-electron chi connectivity index (χ1n) is 24.6. The Bertz CT molecular complexity index is 4120. The number of fused-ring (bicyclic) bond motifs is 15. The van der Waals surface area contributed by atoms with Gasteiger partial charge in [0, 0.05) is 103 Å². The third-order valence-corrected chi connectivity index (χ3v) is 14.7. The standard InChI is InChI=1S/C66H46N6/c1-43-15-3-11-23-57(43)69(49-35-39-67-40-36-49)45-27-31-47(32-28-45)71-59-25-13-9-21-55(59)61-51-17-5-8-20-54(51)64-63(65(61)71)53-19-7-6-18-52(53)62-56-22-10-14-26-60(56)72(66(62)64)48-33-29-46(30-34-48)70(50-37-41-68-42-38-50)58-24-12-4-16-44(58)2/h3-42H,1-2H3. The van der Waals surface area contributed by atoms with E-state index in [1.54, 1.807) is 0 Å². The number of aromatic nitrogens is 4. The van der Waals surface area contributed by atoms with Gasteiger partial charge in [-0.2, -0.15) is 0 Å². The number of hydrogen-bond acceptors (Lipinski definition) is 4. The van der Waals surface area contributed by atoms with Gasteiger partial charge in [0.25, 0.3) is 0 Å². The Morgan fingerprint density at radius 3 is 0.972 bits per heavy atom. The SMILES string of the molecule is Cc1ccccc1N(c1ccncc1)c1ccc(-n2c3ccccc3c3c4ccccc4c4c(c5ccccc5c5c6ccccc6n(-c6ccc(N(c7ccncc7)c7ccccc7C)cc6)c54)c32)cc1. The summed E-state index contributed by atoms with van der Waals surface area (Å²) in [6.45, 7) is 4.34. The van der Waals surface area contributed by atoms with Gasteiger partial charge in [-0.15, -0.1) is 0 Å². The molecule has 6 heteroatoms. The van der Waals surface area contributed by atoms with Crippen molar-refractivity contribution < 1.29 is 0 Å². The summed E-state index contributed by atoms with van der Waals surface area (Å²) in [7, 11) is 0. The second-order valence-electron chi connectivity index (χ2n) is 18.7. The molecule has 10 aromatic carbocycles. The molecule has 0 aliphatic rings. The summed E-state index contributed by atoms with van der Waals surface area (Å²) in [5.74, 6) is 0. The highest BCUT2D eigenvalue weighted by atomic mass is 15.2. The fraction of sp³-hybridized carbons (Fsp3) is 0.0303. The number of hydrogen-bond donors (Lipinski definition) is 0. The van der Waals surface area contributed by atoms with Crippen LogP contribution in [0.4, 0.5) is 34.1 Å². The summed E-state index contributed by atoms with van der Waals surface area (Å²) in [5.41, 5.74) is 15.8. The Morgan fingerprint density at radius 1 is 0.292 bits per heavy atom. The second-order valence-corrected chi connectivity index (χ2v) is 18.7. The van der Waals surface area contributed by atoms with Crippen LogP contribution in [0.3, 0.4) is 0 Å². The second kappa shape index (κ2) is 16.6. The van der Waals surface area contributed by atoms with E-state index in [0.717, 1.165) is 56.5 Å². The van der Waals surface area contributed by atoms with E-state index in [1.807, 2.05) is 24.8 Å². The lowest BCUT2D eigenvalue weighted by atomic mass is 9.90. The lowest BCUT2D eigenvalue weighted by Gasteiger charge is -2.27.